The molecule has 3 rings (SSSR count). The molecule has 0 radical (unpaired) electrons. The molecule has 3 N–H and O–H groups in total. The van der Waals surface area contributed by atoms with E-state index in [1.165, 1.54) is 0 Å². The fourth-order valence-electron chi connectivity index (χ4n) is 3.61. The highest BCUT2D eigenvalue weighted by atomic mass is 35.5. The first-order chi connectivity index (χ1) is 15.3. The normalized spacial score (nSPS) is 15.8. The maximum absolute atomic E-state index is 12.8. The summed E-state index contributed by atoms with van der Waals surface area (Å²) in [5.41, 5.74) is 8.08. The third kappa shape index (κ3) is 6.12. The number of carbonyl (C=O) groups excluding carboxylic acids is 2. The molecule has 2 aromatic carbocycles. The zero-order valence-corrected chi connectivity index (χ0v) is 19.9. The number of carbonyl (C=O) groups is 2. The van der Waals surface area contributed by atoms with E-state index in [0.717, 1.165) is 32.1 Å². The highest BCUT2D eigenvalue weighted by molar-refractivity contribution is 6.36. The van der Waals surface area contributed by atoms with Gasteiger partial charge in [0.25, 0.3) is 5.91 Å². The van der Waals surface area contributed by atoms with Crippen LogP contribution in [0.15, 0.2) is 58.7 Å². The first kappa shape index (κ1) is 24.3. The maximum atomic E-state index is 12.8. The van der Waals surface area contributed by atoms with E-state index in [0.29, 0.717) is 37.6 Å². The van der Waals surface area contributed by atoms with Crippen molar-refractivity contribution in [1.29, 1.82) is 0 Å². The summed E-state index contributed by atoms with van der Waals surface area (Å²) in [4.78, 5) is 29.9. The third-order valence-corrected chi connectivity index (χ3v) is 6.27. The number of rotatable bonds is 5. The predicted molar refractivity (Wildman–Crippen MR) is 131 cm³/mol. The van der Waals surface area contributed by atoms with E-state index in [1.54, 1.807) is 49.4 Å². The minimum atomic E-state index is -0.637. The first-order valence-corrected chi connectivity index (χ1v) is 11.5. The number of hydrogen-bond acceptors (Lipinski definition) is 4. The summed E-state index contributed by atoms with van der Waals surface area (Å²) >= 11 is 18.3. The van der Waals surface area contributed by atoms with Gasteiger partial charge in [-0.05, 0) is 50.1 Å². The van der Waals surface area contributed by atoms with E-state index >= 15 is 0 Å². The minimum Gasteiger partial charge on any atom is -0.394 e. The average molecular weight is 493 g/mol. The van der Waals surface area contributed by atoms with Gasteiger partial charge in [-0.25, -0.2) is 4.99 Å². The van der Waals surface area contributed by atoms with Gasteiger partial charge in [0.15, 0.2) is 0 Å². The summed E-state index contributed by atoms with van der Waals surface area (Å²) in [6.07, 6.45) is 4.67. The molecule has 0 heterocycles. The van der Waals surface area contributed by atoms with Gasteiger partial charge in [0.05, 0.1) is 16.4 Å². The van der Waals surface area contributed by atoms with Gasteiger partial charge in [-0.15, -0.1) is 0 Å². The Balaban J connectivity index is 1.96. The molecule has 1 aliphatic carbocycles. The van der Waals surface area contributed by atoms with E-state index in [9.17, 15) is 9.59 Å². The second-order valence-electron chi connectivity index (χ2n) is 7.76. The Morgan fingerprint density at radius 2 is 1.59 bits per heavy atom. The third-order valence-electron chi connectivity index (χ3n) is 5.48. The smallest absolute Gasteiger partial charge is 0.274 e. The average Bonchev–Trinajstić information content (AvgIpc) is 2.79. The molecular formula is C24H24Cl3N3O2. The van der Waals surface area contributed by atoms with E-state index in [-0.39, 0.29) is 17.5 Å². The molecule has 0 spiro atoms. The van der Waals surface area contributed by atoms with Gasteiger partial charge in [-0.2, -0.15) is 0 Å². The highest BCUT2D eigenvalue weighted by Crippen LogP contribution is 2.30. The lowest BCUT2D eigenvalue weighted by Crippen LogP contribution is -2.39. The molecule has 1 saturated carbocycles. The Kier molecular flexibility index (Phi) is 8.35. The fraction of sp³-hybridized carbons (Fsp3) is 0.292. The second kappa shape index (κ2) is 11.0. The minimum absolute atomic E-state index is 0.0899. The van der Waals surface area contributed by atoms with Crippen molar-refractivity contribution in [3.63, 3.8) is 0 Å². The van der Waals surface area contributed by atoms with Gasteiger partial charge in [0.1, 0.15) is 5.70 Å². The Morgan fingerprint density at radius 3 is 2.22 bits per heavy atom. The number of halogens is 3. The van der Waals surface area contributed by atoms with Crippen LogP contribution >= 0.6 is 34.8 Å². The van der Waals surface area contributed by atoms with Gasteiger partial charge in [0.2, 0.25) is 5.91 Å². The van der Waals surface area contributed by atoms with Crippen molar-refractivity contribution in [1.82, 2.24) is 5.32 Å². The molecule has 5 nitrogen and oxygen atoms in total. The summed E-state index contributed by atoms with van der Waals surface area (Å²) in [6, 6.07) is 11.9. The van der Waals surface area contributed by atoms with Gasteiger partial charge < -0.3 is 5.73 Å². The van der Waals surface area contributed by atoms with Crippen LogP contribution in [0.4, 0.5) is 5.69 Å². The van der Waals surface area contributed by atoms with Crippen LogP contribution in [0, 0.1) is 5.92 Å². The Morgan fingerprint density at radius 1 is 0.969 bits per heavy atom. The lowest BCUT2D eigenvalue weighted by molar-refractivity contribution is -0.131. The summed E-state index contributed by atoms with van der Waals surface area (Å²) in [5, 5.41) is 3.84. The van der Waals surface area contributed by atoms with Crippen LogP contribution in [0.25, 0.3) is 0 Å². The Labute approximate surface area is 202 Å². The zero-order chi connectivity index (χ0) is 23.3. The Hall–Kier alpha value is -2.34. The molecule has 0 aromatic heterocycles. The molecule has 2 amide bonds. The largest absolute Gasteiger partial charge is 0.394 e. The van der Waals surface area contributed by atoms with Crippen molar-refractivity contribution in [2.75, 3.05) is 0 Å². The molecule has 0 aliphatic heterocycles. The van der Waals surface area contributed by atoms with Crippen molar-refractivity contribution in [2.45, 2.75) is 39.0 Å². The van der Waals surface area contributed by atoms with Gasteiger partial charge in [0, 0.05) is 27.1 Å². The van der Waals surface area contributed by atoms with E-state index in [1.807, 2.05) is 0 Å². The van der Waals surface area contributed by atoms with Crippen LogP contribution in [0.1, 0.15) is 44.6 Å². The lowest BCUT2D eigenvalue weighted by Gasteiger charge is -2.20. The summed E-state index contributed by atoms with van der Waals surface area (Å²) < 4.78 is 0. The van der Waals surface area contributed by atoms with Crippen LogP contribution in [0.5, 0.6) is 0 Å². The lowest BCUT2D eigenvalue weighted by atomic mass is 9.88. The molecular weight excluding hydrogens is 469 g/mol. The summed E-state index contributed by atoms with van der Waals surface area (Å²) in [5.74, 6) is -1.07. The monoisotopic (exact) mass is 491 g/mol. The second-order valence-corrected chi connectivity index (χ2v) is 9.04. The van der Waals surface area contributed by atoms with Crippen LogP contribution in [-0.4, -0.2) is 17.5 Å². The molecule has 2 aromatic rings. The van der Waals surface area contributed by atoms with Crippen molar-refractivity contribution < 1.29 is 9.59 Å². The van der Waals surface area contributed by atoms with E-state index < -0.39 is 5.91 Å². The van der Waals surface area contributed by atoms with Crippen LogP contribution in [0.2, 0.25) is 15.1 Å². The number of nitrogens with two attached hydrogens (primary N) is 1. The van der Waals surface area contributed by atoms with Crippen LogP contribution in [-0.2, 0) is 9.59 Å². The fourth-order valence-corrected chi connectivity index (χ4v) is 4.19. The quantitative estimate of drug-likeness (QED) is 0.383. The highest BCUT2D eigenvalue weighted by Gasteiger charge is 2.24. The van der Waals surface area contributed by atoms with Gasteiger partial charge >= 0.3 is 0 Å². The number of nitrogens with zero attached hydrogens (tertiary/aromatic N) is 1. The molecule has 32 heavy (non-hydrogen) atoms. The summed E-state index contributed by atoms with van der Waals surface area (Å²) in [6.45, 7) is 1.68. The number of aliphatic imine (C=N–C) groups is 1. The molecule has 1 fully saturated rings. The van der Waals surface area contributed by atoms with E-state index in [2.05, 4.69) is 10.3 Å². The Bertz CT molecular complexity index is 1070. The maximum Gasteiger partial charge on any atom is 0.274 e. The molecule has 0 atom stereocenters. The molecule has 0 saturated heterocycles. The number of imide groups is 1. The van der Waals surface area contributed by atoms with Crippen molar-refractivity contribution in [2.24, 2.45) is 16.6 Å². The summed E-state index contributed by atoms with van der Waals surface area (Å²) in [7, 11) is 0. The number of benzene rings is 2. The first-order valence-electron chi connectivity index (χ1n) is 10.4. The SMILES string of the molecule is CC(C(=Nc1ccc(Cl)cc1Cl)c1ccc(Cl)cc1)=C(N)C(=O)NC(=O)C1CCCCC1. The number of nitrogens with one attached hydrogen (secondary N) is 1. The van der Waals surface area contributed by atoms with Crippen molar-refractivity contribution >= 4 is 58.0 Å². The van der Waals surface area contributed by atoms with Crippen LogP contribution < -0.4 is 11.1 Å². The zero-order valence-electron chi connectivity index (χ0n) is 17.6. The standard InChI is InChI=1S/C24H24Cl3N3O2/c1-14(21(28)24(32)30-23(31)16-5-3-2-4-6-16)22(15-7-9-17(25)10-8-15)29-20-12-11-18(26)13-19(20)27/h7-13,16H,2-6,28H2,1H3,(H,30,31,32). The molecule has 168 valence electrons. The topological polar surface area (TPSA) is 84.5 Å². The van der Waals surface area contributed by atoms with Crippen molar-refractivity contribution in [3.05, 3.63) is 74.4 Å². The number of allylic oxidation sites excluding steroid dienone is 1. The molecule has 8 heteroatoms. The van der Waals surface area contributed by atoms with Crippen LogP contribution in [0.3, 0.4) is 0 Å². The molecule has 0 unspecified atom stereocenters. The number of hydrogen-bond donors (Lipinski definition) is 2. The molecule has 0 bridgehead atoms. The molecule has 1 aliphatic rings. The number of amides is 2. The van der Waals surface area contributed by atoms with Crippen molar-refractivity contribution in [3.8, 4) is 0 Å². The van der Waals surface area contributed by atoms with Gasteiger partial charge in [-0.3, -0.25) is 14.9 Å². The van der Waals surface area contributed by atoms with Gasteiger partial charge in [-0.1, -0.05) is 66.2 Å². The van der Waals surface area contributed by atoms with E-state index in [4.69, 9.17) is 40.5 Å². The predicted octanol–water partition coefficient (Wildman–Crippen LogP) is 6.22.